The van der Waals surface area contributed by atoms with Crippen LogP contribution in [-0.4, -0.2) is 37.0 Å². The monoisotopic (exact) mass is 326 g/mol. The largest absolute Gasteiger partial charge is 0.468 e. The Balaban J connectivity index is 1.92. The summed E-state index contributed by atoms with van der Waals surface area (Å²) in [5.41, 5.74) is 2.07. The molecule has 0 atom stereocenters. The first-order valence-corrected chi connectivity index (χ1v) is 7.82. The maximum absolute atomic E-state index is 12.4. The predicted molar refractivity (Wildman–Crippen MR) is 92.0 cm³/mol. The van der Waals surface area contributed by atoms with E-state index in [9.17, 15) is 9.59 Å². The van der Waals surface area contributed by atoms with Gasteiger partial charge in [-0.25, -0.2) is 0 Å². The van der Waals surface area contributed by atoms with Crippen LogP contribution in [0.4, 0.5) is 0 Å². The summed E-state index contributed by atoms with van der Waals surface area (Å²) >= 11 is 0. The summed E-state index contributed by atoms with van der Waals surface area (Å²) < 4.78 is 4.69. The molecule has 2 rings (SSSR count). The predicted octanol–water partition coefficient (Wildman–Crippen LogP) is 1.98. The Labute approximate surface area is 142 Å². The number of hydrogen-bond donors (Lipinski definition) is 1. The second-order valence-electron chi connectivity index (χ2n) is 5.40. The highest BCUT2D eigenvalue weighted by Crippen LogP contribution is 2.05. The fraction of sp³-hybridized carbons (Fsp3) is 0.263. The SMILES string of the molecule is COC(=O)CN(Cc1ccccc1)C(=O)CNCc1ccccc1. The summed E-state index contributed by atoms with van der Waals surface area (Å²) in [4.78, 5) is 25.5. The van der Waals surface area contributed by atoms with Gasteiger partial charge in [-0.2, -0.15) is 0 Å². The van der Waals surface area contributed by atoms with E-state index in [0.717, 1.165) is 11.1 Å². The number of hydrogen-bond acceptors (Lipinski definition) is 4. The number of carbonyl (C=O) groups is 2. The lowest BCUT2D eigenvalue weighted by atomic mass is 10.2. The standard InChI is InChI=1S/C19H22N2O3/c1-24-19(23)15-21(14-17-10-6-3-7-11-17)18(22)13-20-12-16-8-4-2-5-9-16/h2-11,20H,12-15H2,1H3. The molecule has 0 aliphatic carbocycles. The Morgan fingerprint density at radius 3 is 2.12 bits per heavy atom. The molecule has 2 aromatic rings. The smallest absolute Gasteiger partial charge is 0.325 e. The molecule has 5 heteroatoms. The van der Waals surface area contributed by atoms with Crippen molar-refractivity contribution in [3.63, 3.8) is 0 Å². The van der Waals surface area contributed by atoms with Gasteiger partial charge in [0, 0.05) is 13.1 Å². The number of carbonyl (C=O) groups excluding carboxylic acids is 2. The quantitative estimate of drug-likeness (QED) is 0.754. The average Bonchev–Trinajstić information content (AvgIpc) is 2.62. The van der Waals surface area contributed by atoms with E-state index in [0.29, 0.717) is 13.1 Å². The lowest BCUT2D eigenvalue weighted by molar-refractivity contribution is -0.147. The lowest BCUT2D eigenvalue weighted by Crippen LogP contribution is -2.40. The topological polar surface area (TPSA) is 58.6 Å². The zero-order valence-electron chi connectivity index (χ0n) is 13.8. The summed E-state index contributed by atoms with van der Waals surface area (Å²) in [5.74, 6) is -0.567. The molecule has 0 saturated heterocycles. The number of ether oxygens (including phenoxy) is 1. The van der Waals surface area contributed by atoms with E-state index in [1.54, 1.807) is 0 Å². The molecule has 0 spiro atoms. The Bertz CT molecular complexity index is 644. The summed E-state index contributed by atoms with van der Waals surface area (Å²) in [5, 5.41) is 3.12. The van der Waals surface area contributed by atoms with Gasteiger partial charge in [0.2, 0.25) is 5.91 Å². The van der Waals surface area contributed by atoms with Gasteiger partial charge in [-0.3, -0.25) is 9.59 Å². The molecular weight excluding hydrogens is 304 g/mol. The van der Waals surface area contributed by atoms with Crippen LogP contribution >= 0.6 is 0 Å². The molecule has 0 bridgehead atoms. The van der Waals surface area contributed by atoms with E-state index in [1.807, 2.05) is 60.7 Å². The highest BCUT2D eigenvalue weighted by molar-refractivity contribution is 5.83. The van der Waals surface area contributed by atoms with Gasteiger partial charge < -0.3 is 15.0 Å². The Kier molecular flexibility index (Phi) is 6.98. The molecule has 2 aromatic carbocycles. The molecule has 0 saturated carbocycles. The fourth-order valence-electron chi connectivity index (χ4n) is 2.28. The van der Waals surface area contributed by atoms with Crippen molar-refractivity contribution >= 4 is 11.9 Å². The molecule has 0 radical (unpaired) electrons. The van der Waals surface area contributed by atoms with Gasteiger partial charge in [0.05, 0.1) is 13.7 Å². The van der Waals surface area contributed by atoms with Crippen molar-refractivity contribution in [1.82, 2.24) is 10.2 Å². The first kappa shape index (κ1) is 17.7. The van der Waals surface area contributed by atoms with Crippen LogP contribution in [0.2, 0.25) is 0 Å². The molecule has 1 amide bonds. The first-order chi connectivity index (χ1) is 11.7. The van der Waals surface area contributed by atoms with Crippen molar-refractivity contribution in [2.24, 2.45) is 0 Å². The summed E-state index contributed by atoms with van der Waals surface area (Å²) in [7, 11) is 1.32. The third-order valence-electron chi connectivity index (χ3n) is 3.56. The van der Waals surface area contributed by atoms with E-state index in [4.69, 9.17) is 0 Å². The van der Waals surface area contributed by atoms with Gasteiger partial charge in [-0.1, -0.05) is 60.7 Å². The van der Waals surface area contributed by atoms with Gasteiger partial charge in [-0.15, -0.1) is 0 Å². The Morgan fingerprint density at radius 1 is 0.958 bits per heavy atom. The summed E-state index contributed by atoms with van der Waals surface area (Å²) in [6.07, 6.45) is 0. The second kappa shape index (κ2) is 9.47. The lowest BCUT2D eigenvalue weighted by Gasteiger charge is -2.22. The number of benzene rings is 2. The molecule has 126 valence electrons. The number of methoxy groups -OCH3 is 1. The van der Waals surface area contributed by atoms with Crippen molar-refractivity contribution in [1.29, 1.82) is 0 Å². The van der Waals surface area contributed by atoms with E-state index in [-0.39, 0.29) is 19.0 Å². The molecule has 0 fully saturated rings. The molecule has 0 aliphatic rings. The van der Waals surface area contributed by atoms with Crippen LogP contribution in [0.25, 0.3) is 0 Å². The summed E-state index contributed by atoms with van der Waals surface area (Å²) in [6, 6.07) is 19.4. The van der Waals surface area contributed by atoms with Crippen LogP contribution in [-0.2, 0) is 27.4 Å². The van der Waals surface area contributed by atoms with Gasteiger partial charge in [-0.05, 0) is 11.1 Å². The van der Waals surface area contributed by atoms with Crippen LogP contribution < -0.4 is 5.32 Å². The number of nitrogens with zero attached hydrogens (tertiary/aromatic N) is 1. The van der Waals surface area contributed by atoms with Crippen molar-refractivity contribution in [2.75, 3.05) is 20.2 Å². The molecule has 5 nitrogen and oxygen atoms in total. The molecular formula is C19H22N2O3. The second-order valence-corrected chi connectivity index (χ2v) is 5.40. The van der Waals surface area contributed by atoms with Crippen molar-refractivity contribution in [2.45, 2.75) is 13.1 Å². The third kappa shape index (κ3) is 5.85. The van der Waals surface area contributed by atoms with Crippen LogP contribution in [0.3, 0.4) is 0 Å². The molecule has 0 aromatic heterocycles. The molecule has 0 heterocycles. The van der Waals surface area contributed by atoms with E-state index >= 15 is 0 Å². The summed E-state index contributed by atoms with van der Waals surface area (Å²) in [6.45, 7) is 1.09. The minimum Gasteiger partial charge on any atom is -0.468 e. The minimum absolute atomic E-state index is 0.0583. The van der Waals surface area contributed by atoms with Crippen LogP contribution in [0.5, 0.6) is 0 Å². The first-order valence-electron chi connectivity index (χ1n) is 7.82. The zero-order chi connectivity index (χ0) is 17.2. The van der Waals surface area contributed by atoms with Crippen LogP contribution in [0, 0.1) is 0 Å². The maximum atomic E-state index is 12.4. The molecule has 0 aliphatic heterocycles. The molecule has 24 heavy (non-hydrogen) atoms. The van der Waals surface area contributed by atoms with Crippen molar-refractivity contribution in [3.05, 3.63) is 71.8 Å². The normalized spacial score (nSPS) is 10.2. The van der Waals surface area contributed by atoms with E-state index < -0.39 is 5.97 Å². The number of esters is 1. The Morgan fingerprint density at radius 2 is 1.54 bits per heavy atom. The zero-order valence-corrected chi connectivity index (χ0v) is 13.8. The maximum Gasteiger partial charge on any atom is 0.325 e. The van der Waals surface area contributed by atoms with E-state index in [2.05, 4.69) is 10.1 Å². The van der Waals surface area contributed by atoms with Gasteiger partial charge in [0.25, 0.3) is 0 Å². The third-order valence-corrected chi connectivity index (χ3v) is 3.56. The van der Waals surface area contributed by atoms with E-state index in [1.165, 1.54) is 12.0 Å². The number of nitrogens with one attached hydrogen (secondary N) is 1. The number of rotatable bonds is 8. The van der Waals surface area contributed by atoms with Gasteiger partial charge in [0.15, 0.2) is 0 Å². The van der Waals surface area contributed by atoms with Crippen LogP contribution in [0.15, 0.2) is 60.7 Å². The van der Waals surface area contributed by atoms with Gasteiger partial charge >= 0.3 is 5.97 Å². The van der Waals surface area contributed by atoms with Crippen molar-refractivity contribution in [3.8, 4) is 0 Å². The molecule has 1 N–H and O–H groups in total. The highest BCUT2D eigenvalue weighted by Gasteiger charge is 2.17. The van der Waals surface area contributed by atoms with Gasteiger partial charge in [0.1, 0.15) is 6.54 Å². The van der Waals surface area contributed by atoms with Crippen LogP contribution in [0.1, 0.15) is 11.1 Å². The fourth-order valence-corrected chi connectivity index (χ4v) is 2.28. The number of amides is 1. The highest BCUT2D eigenvalue weighted by atomic mass is 16.5. The van der Waals surface area contributed by atoms with Crippen molar-refractivity contribution < 1.29 is 14.3 Å². The minimum atomic E-state index is -0.428. The molecule has 0 unspecified atom stereocenters. The Hall–Kier alpha value is -2.66. The average molecular weight is 326 g/mol.